The van der Waals surface area contributed by atoms with Crippen LogP contribution < -0.4 is 4.90 Å². The number of rotatable bonds is 2. The van der Waals surface area contributed by atoms with Gasteiger partial charge in [0.25, 0.3) is 0 Å². The fraction of sp³-hybridized carbons (Fsp3) is 0.188. The third-order valence-electron chi connectivity index (χ3n) is 3.45. The molecule has 7 heteroatoms. The predicted octanol–water partition coefficient (Wildman–Crippen LogP) is 5.14. The highest BCUT2D eigenvalue weighted by molar-refractivity contribution is 8.00. The van der Waals surface area contributed by atoms with Crippen LogP contribution in [-0.4, -0.2) is 11.7 Å². The Kier molecular flexibility index (Phi) is 4.29. The lowest BCUT2D eigenvalue weighted by Crippen LogP contribution is -2.28. The molecule has 1 heterocycles. The largest absolute Gasteiger partial charge is 0.416 e. The second-order valence-corrected chi connectivity index (χ2v) is 6.54. The molecule has 0 N–H and O–H groups in total. The van der Waals surface area contributed by atoms with Crippen LogP contribution in [0, 0.1) is 0 Å². The Morgan fingerprint density at radius 1 is 1.13 bits per heavy atom. The highest BCUT2D eigenvalue weighted by Crippen LogP contribution is 2.43. The second kappa shape index (κ2) is 6.09. The van der Waals surface area contributed by atoms with Crippen molar-refractivity contribution in [2.45, 2.75) is 11.6 Å². The zero-order valence-corrected chi connectivity index (χ0v) is 13.3. The Hall–Kier alpha value is -1.66. The van der Waals surface area contributed by atoms with E-state index in [1.807, 2.05) is 6.07 Å². The lowest BCUT2D eigenvalue weighted by atomic mass is 10.1. The lowest BCUT2D eigenvalue weighted by Gasteiger charge is -2.25. The van der Waals surface area contributed by atoms with E-state index in [-0.39, 0.29) is 22.7 Å². The van der Waals surface area contributed by atoms with Crippen LogP contribution in [0.4, 0.5) is 18.9 Å². The number of nitrogens with zero attached hydrogens (tertiary/aromatic N) is 1. The molecule has 0 saturated carbocycles. The van der Waals surface area contributed by atoms with Crippen LogP contribution in [0.15, 0.2) is 48.5 Å². The van der Waals surface area contributed by atoms with Gasteiger partial charge in [0.05, 0.1) is 11.3 Å². The van der Waals surface area contributed by atoms with Crippen molar-refractivity contribution in [2.75, 3.05) is 10.7 Å². The molecular formula is C16H11ClF3NOS. The number of thioether (sulfide) groups is 1. The van der Waals surface area contributed by atoms with Gasteiger partial charge < -0.3 is 0 Å². The van der Waals surface area contributed by atoms with E-state index in [1.165, 1.54) is 28.8 Å². The molecule has 0 bridgehead atoms. The molecular weight excluding hydrogens is 347 g/mol. The third kappa shape index (κ3) is 3.33. The molecule has 0 radical (unpaired) electrons. The highest BCUT2D eigenvalue weighted by Gasteiger charge is 2.36. The van der Waals surface area contributed by atoms with E-state index in [2.05, 4.69) is 0 Å². The molecule has 0 spiro atoms. The number of hydrogen-bond donors (Lipinski definition) is 0. The number of anilines is 1. The third-order valence-corrected chi connectivity index (χ3v) is 4.90. The Bertz CT molecular complexity index is 750. The summed E-state index contributed by atoms with van der Waals surface area (Å²) >= 11 is 7.34. The smallest absolute Gasteiger partial charge is 0.295 e. The zero-order chi connectivity index (χ0) is 16.6. The van der Waals surface area contributed by atoms with Crippen LogP contribution in [0.3, 0.4) is 0 Å². The van der Waals surface area contributed by atoms with Crippen LogP contribution >= 0.6 is 23.4 Å². The van der Waals surface area contributed by atoms with Crippen molar-refractivity contribution in [1.82, 2.24) is 0 Å². The molecule has 2 aromatic carbocycles. The summed E-state index contributed by atoms with van der Waals surface area (Å²) in [6, 6.07) is 11.8. The topological polar surface area (TPSA) is 20.3 Å². The van der Waals surface area contributed by atoms with E-state index in [9.17, 15) is 18.0 Å². The van der Waals surface area contributed by atoms with Crippen molar-refractivity contribution < 1.29 is 18.0 Å². The Morgan fingerprint density at radius 3 is 2.57 bits per heavy atom. The minimum Gasteiger partial charge on any atom is -0.295 e. The van der Waals surface area contributed by atoms with Crippen LogP contribution in [0.1, 0.15) is 16.5 Å². The van der Waals surface area contributed by atoms with Crippen LogP contribution in [0.25, 0.3) is 0 Å². The standard InChI is InChI=1S/C16H11ClF3NOS/c17-12-5-1-3-10(7-12)15-21(14(22)9-23-15)13-6-2-4-11(8-13)16(18,19)20/h1-8,15H,9H2/t15-/m1/s1. The van der Waals surface area contributed by atoms with E-state index >= 15 is 0 Å². The number of halogens is 4. The molecule has 120 valence electrons. The molecule has 1 amide bonds. The summed E-state index contributed by atoms with van der Waals surface area (Å²) in [5, 5.41) is 0.135. The van der Waals surface area contributed by atoms with E-state index in [0.717, 1.165) is 17.7 Å². The summed E-state index contributed by atoms with van der Waals surface area (Å²) in [6.07, 6.45) is -4.45. The minimum absolute atomic E-state index is 0.216. The molecule has 0 aliphatic carbocycles. The van der Waals surface area contributed by atoms with Gasteiger partial charge in [-0.05, 0) is 35.9 Å². The van der Waals surface area contributed by atoms with Gasteiger partial charge >= 0.3 is 6.18 Å². The molecule has 1 fully saturated rings. The maximum atomic E-state index is 12.9. The number of alkyl halides is 3. The molecule has 1 atom stereocenters. The molecule has 1 aliphatic rings. The first-order valence-electron chi connectivity index (χ1n) is 6.72. The van der Waals surface area contributed by atoms with Crippen LogP contribution in [0.2, 0.25) is 5.02 Å². The van der Waals surface area contributed by atoms with Crippen molar-refractivity contribution in [3.8, 4) is 0 Å². The summed E-state index contributed by atoms with van der Waals surface area (Å²) in [4.78, 5) is 13.6. The molecule has 2 nitrogen and oxygen atoms in total. The SMILES string of the molecule is O=C1CS[C@H](c2cccc(Cl)c2)N1c1cccc(C(F)(F)F)c1. The van der Waals surface area contributed by atoms with Gasteiger partial charge in [0.2, 0.25) is 5.91 Å². The lowest BCUT2D eigenvalue weighted by molar-refractivity contribution is -0.137. The summed E-state index contributed by atoms with van der Waals surface area (Å²) < 4.78 is 38.7. The molecule has 0 unspecified atom stereocenters. The van der Waals surface area contributed by atoms with E-state index < -0.39 is 11.7 Å². The normalized spacial score (nSPS) is 18.5. The number of benzene rings is 2. The van der Waals surface area contributed by atoms with Gasteiger partial charge in [-0.25, -0.2) is 0 Å². The van der Waals surface area contributed by atoms with Crippen molar-refractivity contribution in [2.24, 2.45) is 0 Å². The summed E-state index contributed by atoms with van der Waals surface area (Å²) in [6.45, 7) is 0. The average molecular weight is 358 g/mol. The summed E-state index contributed by atoms with van der Waals surface area (Å²) in [7, 11) is 0. The maximum absolute atomic E-state index is 12.9. The molecule has 0 aromatic heterocycles. The Morgan fingerprint density at radius 2 is 1.87 bits per heavy atom. The summed E-state index contributed by atoms with van der Waals surface area (Å²) in [5.41, 5.74) is 0.245. The fourth-order valence-electron chi connectivity index (χ4n) is 2.44. The monoisotopic (exact) mass is 357 g/mol. The van der Waals surface area contributed by atoms with E-state index in [4.69, 9.17) is 11.6 Å². The molecule has 2 aromatic rings. The predicted molar refractivity (Wildman–Crippen MR) is 85.6 cm³/mol. The van der Waals surface area contributed by atoms with Gasteiger partial charge in [0.1, 0.15) is 5.37 Å². The first-order valence-corrected chi connectivity index (χ1v) is 8.15. The van der Waals surface area contributed by atoms with Crippen LogP contribution in [0.5, 0.6) is 0 Å². The van der Waals surface area contributed by atoms with E-state index in [0.29, 0.717) is 5.02 Å². The Labute approximate surface area is 140 Å². The van der Waals surface area contributed by atoms with Crippen LogP contribution in [-0.2, 0) is 11.0 Å². The van der Waals surface area contributed by atoms with Crippen molar-refractivity contribution in [3.05, 3.63) is 64.7 Å². The average Bonchev–Trinajstić information content (AvgIpc) is 2.88. The number of amides is 1. The molecule has 3 rings (SSSR count). The molecule has 23 heavy (non-hydrogen) atoms. The Balaban J connectivity index is 2.01. The number of carbonyl (C=O) groups is 1. The first kappa shape index (κ1) is 16.2. The quantitative estimate of drug-likeness (QED) is 0.742. The first-order chi connectivity index (χ1) is 10.9. The van der Waals surface area contributed by atoms with Crippen molar-refractivity contribution in [1.29, 1.82) is 0 Å². The van der Waals surface area contributed by atoms with Crippen molar-refractivity contribution in [3.63, 3.8) is 0 Å². The van der Waals surface area contributed by atoms with Gasteiger partial charge in [-0.15, -0.1) is 11.8 Å². The fourth-order valence-corrected chi connectivity index (χ4v) is 3.81. The van der Waals surface area contributed by atoms with Gasteiger partial charge in [0.15, 0.2) is 0 Å². The highest BCUT2D eigenvalue weighted by atomic mass is 35.5. The van der Waals surface area contributed by atoms with E-state index in [1.54, 1.807) is 18.2 Å². The second-order valence-electron chi connectivity index (χ2n) is 5.03. The van der Waals surface area contributed by atoms with Gasteiger partial charge in [-0.3, -0.25) is 9.69 Å². The molecule has 1 aliphatic heterocycles. The van der Waals surface area contributed by atoms with Gasteiger partial charge in [-0.1, -0.05) is 29.8 Å². The maximum Gasteiger partial charge on any atom is 0.416 e. The van der Waals surface area contributed by atoms with Crippen molar-refractivity contribution >= 4 is 35.0 Å². The zero-order valence-electron chi connectivity index (χ0n) is 11.7. The molecule has 1 saturated heterocycles. The van der Waals surface area contributed by atoms with Gasteiger partial charge in [-0.2, -0.15) is 13.2 Å². The minimum atomic E-state index is -4.45. The number of hydrogen-bond acceptors (Lipinski definition) is 2. The van der Waals surface area contributed by atoms with Gasteiger partial charge in [0, 0.05) is 10.7 Å². The number of carbonyl (C=O) groups excluding carboxylic acids is 1. The summed E-state index contributed by atoms with van der Waals surface area (Å²) in [5.74, 6) is -0.00717.